The maximum atomic E-state index is 12.7. The lowest BCUT2D eigenvalue weighted by molar-refractivity contribution is -0.141. The number of furan rings is 1. The van der Waals surface area contributed by atoms with Crippen molar-refractivity contribution in [3.05, 3.63) is 47.9 Å². The Kier molecular flexibility index (Phi) is 3.41. The van der Waals surface area contributed by atoms with Crippen molar-refractivity contribution < 1.29 is 26.9 Å². The molecule has 0 fully saturated rings. The first-order valence-electron chi connectivity index (χ1n) is 7.35. The zero-order valence-corrected chi connectivity index (χ0v) is 12.7. The van der Waals surface area contributed by atoms with Gasteiger partial charge in [-0.3, -0.25) is 4.79 Å². The van der Waals surface area contributed by atoms with Crippen LogP contribution in [-0.2, 0) is 19.3 Å². The second kappa shape index (κ2) is 5.50. The van der Waals surface area contributed by atoms with Crippen LogP contribution < -0.4 is 0 Å². The molecule has 1 aliphatic heterocycles. The van der Waals surface area contributed by atoms with Crippen LogP contribution in [0.15, 0.2) is 39.6 Å². The summed E-state index contributed by atoms with van der Waals surface area (Å²) >= 11 is 0. The standard InChI is InChI=1S/C15H11F3N4O3/c16-15(17,18)12-7-21-3-4-22(8-13(21)19-12)14(23)9-6-11(25-20-9)10-2-1-5-24-10/h1-2,5-7H,3-4,8H2. The lowest BCUT2D eigenvalue weighted by Gasteiger charge is -2.26. The summed E-state index contributed by atoms with van der Waals surface area (Å²) in [5, 5.41) is 3.71. The van der Waals surface area contributed by atoms with Gasteiger partial charge in [0.15, 0.2) is 17.1 Å². The number of hydrogen-bond acceptors (Lipinski definition) is 5. The lowest BCUT2D eigenvalue weighted by atomic mass is 10.2. The molecule has 3 aromatic heterocycles. The fourth-order valence-corrected chi connectivity index (χ4v) is 2.64. The number of hydrogen-bond donors (Lipinski definition) is 0. The summed E-state index contributed by atoms with van der Waals surface area (Å²) in [4.78, 5) is 17.5. The Balaban J connectivity index is 1.53. The van der Waals surface area contributed by atoms with Crippen LogP contribution in [0.3, 0.4) is 0 Å². The van der Waals surface area contributed by atoms with Crippen molar-refractivity contribution in [3.8, 4) is 11.5 Å². The number of nitrogens with zero attached hydrogens (tertiary/aromatic N) is 4. The third kappa shape index (κ3) is 2.79. The van der Waals surface area contributed by atoms with Gasteiger partial charge in [-0.25, -0.2) is 4.98 Å². The van der Waals surface area contributed by atoms with Gasteiger partial charge in [-0.15, -0.1) is 0 Å². The number of alkyl halides is 3. The summed E-state index contributed by atoms with van der Waals surface area (Å²) in [5.41, 5.74) is -0.902. The molecular formula is C15H11F3N4O3. The number of carbonyl (C=O) groups excluding carboxylic acids is 1. The molecule has 130 valence electrons. The van der Waals surface area contributed by atoms with Gasteiger partial charge in [0, 0.05) is 25.4 Å². The van der Waals surface area contributed by atoms with E-state index in [0.717, 1.165) is 6.20 Å². The normalized spacial score (nSPS) is 14.6. The predicted octanol–water partition coefficient (Wildman–Crippen LogP) is 2.81. The van der Waals surface area contributed by atoms with Gasteiger partial charge in [0.2, 0.25) is 5.76 Å². The highest BCUT2D eigenvalue weighted by atomic mass is 19.4. The number of amides is 1. The molecule has 0 saturated carbocycles. The van der Waals surface area contributed by atoms with E-state index in [9.17, 15) is 18.0 Å². The van der Waals surface area contributed by atoms with Gasteiger partial charge in [-0.2, -0.15) is 13.2 Å². The maximum absolute atomic E-state index is 12.7. The number of aromatic nitrogens is 3. The number of halogens is 3. The third-order valence-electron chi connectivity index (χ3n) is 3.87. The number of fused-ring (bicyclic) bond motifs is 1. The summed E-state index contributed by atoms with van der Waals surface area (Å²) in [5.74, 6) is 0.466. The third-order valence-corrected chi connectivity index (χ3v) is 3.87. The van der Waals surface area contributed by atoms with Crippen LogP contribution in [0.5, 0.6) is 0 Å². The van der Waals surface area contributed by atoms with E-state index in [1.807, 2.05) is 0 Å². The van der Waals surface area contributed by atoms with Gasteiger partial charge in [0.05, 0.1) is 12.8 Å². The van der Waals surface area contributed by atoms with Gasteiger partial charge in [-0.05, 0) is 12.1 Å². The molecule has 1 aliphatic rings. The van der Waals surface area contributed by atoms with E-state index in [1.54, 1.807) is 12.1 Å². The second-order valence-corrected chi connectivity index (χ2v) is 5.51. The molecule has 0 bridgehead atoms. The van der Waals surface area contributed by atoms with Crippen LogP contribution >= 0.6 is 0 Å². The molecule has 4 rings (SSSR count). The molecule has 0 aliphatic carbocycles. The highest BCUT2D eigenvalue weighted by Gasteiger charge is 2.36. The van der Waals surface area contributed by atoms with E-state index < -0.39 is 17.8 Å². The molecule has 0 radical (unpaired) electrons. The summed E-state index contributed by atoms with van der Waals surface area (Å²) in [6.45, 7) is 0.452. The van der Waals surface area contributed by atoms with Gasteiger partial charge in [-0.1, -0.05) is 5.16 Å². The molecule has 0 N–H and O–H groups in total. The molecule has 7 nitrogen and oxygen atoms in total. The van der Waals surface area contributed by atoms with Crippen LogP contribution in [0.4, 0.5) is 13.2 Å². The molecule has 4 heterocycles. The van der Waals surface area contributed by atoms with Crippen molar-refractivity contribution in [2.75, 3.05) is 6.54 Å². The van der Waals surface area contributed by atoms with Crippen molar-refractivity contribution in [1.29, 1.82) is 0 Å². The van der Waals surface area contributed by atoms with Gasteiger partial charge in [0.1, 0.15) is 5.82 Å². The highest BCUT2D eigenvalue weighted by molar-refractivity contribution is 5.93. The molecule has 3 aromatic rings. The summed E-state index contributed by atoms with van der Waals surface area (Å²) in [7, 11) is 0. The zero-order valence-electron chi connectivity index (χ0n) is 12.7. The van der Waals surface area contributed by atoms with Crippen molar-refractivity contribution in [2.45, 2.75) is 19.3 Å². The molecule has 1 amide bonds. The van der Waals surface area contributed by atoms with Gasteiger partial charge in [0.25, 0.3) is 5.91 Å². The molecule has 0 saturated heterocycles. The van der Waals surface area contributed by atoms with Crippen LogP contribution in [0, 0.1) is 0 Å². The van der Waals surface area contributed by atoms with Crippen molar-refractivity contribution in [2.24, 2.45) is 0 Å². The van der Waals surface area contributed by atoms with E-state index in [0.29, 0.717) is 11.5 Å². The Hall–Kier alpha value is -3.04. The predicted molar refractivity (Wildman–Crippen MR) is 76.2 cm³/mol. The molecule has 0 atom stereocenters. The first-order valence-corrected chi connectivity index (χ1v) is 7.35. The van der Waals surface area contributed by atoms with E-state index in [4.69, 9.17) is 8.94 Å². The molecular weight excluding hydrogens is 341 g/mol. The average Bonchev–Trinajstić information content (AvgIpc) is 3.30. The van der Waals surface area contributed by atoms with Crippen LogP contribution in [-0.4, -0.2) is 32.1 Å². The van der Waals surface area contributed by atoms with Gasteiger partial charge < -0.3 is 18.4 Å². The Morgan fingerprint density at radius 3 is 2.80 bits per heavy atom. The number of imidazole rings is 1. The maximum Gasteiger partial charge on any atom is 0.434 e. The molecule has 0 aromatic carbocycles. The van der Waals surface area contributed by atoms with E-state index >= 15 is 0 Å². The topological polar surface area (TPSA) is 77.3 Å². The summed E-state index contributed by atoms with van der Waals surface area (Å²) in [6, 6.07) is 4.76. The van der Waals surface area contributed by atoms with E-state index in [-0.39, 0.29) is 31.2 Å². The first kappa shape index (κ1) is 15.5. The second-order valence-electron chi connectivity index (χ2n) is 5.51. The number of carbonyl (C=O) groups is 1. The minimum Gasteiger partial charge on any atom is -0.461 e. The van der Waals surface area contributed by atoms with Crippen LogP contribution in [0.1, 0.15) is 22.0 Å². The van der Waals surface area contributed by atoms with Crippen molar-refractivity contribution in [3.63, 3.8) is 0 Å². The Morgan fingerprint density at radius 1 is 1.24 bits per heavy atom. The minimum absolute atomic E-state index is 0.0299. The van der Waals surface area contributed by atoms with E-state index in [2.05, 4.69) is 10.1 Å². The quantitative estimate of drug-likeness (QED) is 0.709. The lowest BCUT2D eigenvalue weighted by Crippen LogP contribution is -2.38. The Bertz CT molecular complexity index is 911. The molecule has 0 spiro atoms. The Morgan fingerprint density at radius 2 is 2.08 bits per heavy atom. The summed E-state index contributed by atoms with van der Waals surface area (Å²) < 4.78 is 49.9. The fraction of sp³-hybridized carbons (Fsp3) is 0.267. The minimum atomic E-state index is -4.51. The van der Waals surface area contributed by atoms with Crippen molar-refractivity contribution >= 4 is 5.91 Å². The summed E-state index contributed by atoms with van der Waals surface area (Å²) in [6.07, 6.45) is -2.09. The largest absolute Gasteiger partial charge is 0.461 e. The average molecular weight is 352 g/mol. The fourth-order valence-electron chi connectivity index (χ4n) is 2.64. The van der Waals surface area contributed by atoms with E-state index in [1.165, 1.54) is 21.8 Å². The van der Waals surface area contributed by atoms with Crippen LogP contribution in [0.25, 0.3) is 11.5 Å². The Labute approximate surface area is 138 Å². The number of rotatable bonds is 2. The zero-order chi connectivity index (χ0) is 17.6. The highest BCUT2D eigenvalue weighted by Crippen LogP contribution is 2.29. The SMILES string of the molecule is O=C(c1cc(-c2ccco2)on1)N1CCn2cc(C(F)(F)F)nc2C1. The first-order chi connectivity index (χ1) is 11.9. The molecule has 10 heteroatoms. The monoisotopic (exact) mass is 352 g/mol. The molecule has 25 heavy (non-hydrogen) atoms. The molecule has 0 unspecified atom stereocenters. The van der Waals surface area contributed by atoms with Crippen molar-refractivity contribution in [1.82, 2.24) is 19.6 Å². The van der Waals surface area contributed by atoms with Gasteiger partial charge >= 0.3 is 6.18 Å². The smallest absolute Gasteiger partial charge is 0.434 e. The van der Waals surface area contributed by atoms with Crippen LogP contribution in [0.2, 0.25) is 0 Å².